The van der Waals surface area contributed by atoms with Gasteiger partial charge < -0.3 is 20.1 Å². The largest absolute Gasteiger partial charge is 0.462 e. The normalized spacial score (nSPS) is 20.3. The summed E-state index contributed by atoms with van der Waals surface area (Å²) >= 11 is 0. The highest BCUT2D eigenvalue weighted by atomic mass is 16.7. The summed E-state index contributed by atoms with van der Waals surface area (Å²) < 4.78 is 9.99. The number of ether oxygens (including phenoxy) is 2. The van der Waals surface area contributed by atoms with Crippen LogP contribution in [0.5, 0.6) is 0 Å². The third-order valence-electron chi connectivity index (χ3n) is 1.63. The summed E-state index contributed by atoms with van der Waals surface area (Å²) in [5.41, 5.74) is 0. The first-order chi connectivity index (χ1) is 5.95. The predicted octanol–water partition coefficient (Wildman–Crippen LogP) is -0.619. The van der Waals surface area contributed by atoms with Crippen LogP contribution in [0.25, 0.3) is 0 Å². The van der Waals surface area contributed by atoms with E-state index in [0.717, 1.165) is 24.8 Å². The Kier molecular flexibility index (Phi) is 2.02. The number of hydrogen-bond donors (Lipinski definition) is 2. The zero-order valence-corrected chi connectivity index (χ0v) is 6.67. The second-order valence-corrected chi connectivity index (χ2v) is 2.52. The lowest BCUT2D eigenvalue weighted by molar-refractivity contribution is 0.0795. The van der Waals surface area contributed by atoms with Gasteiger partial charge in [0.25, 0.3) is 0 Å². The SMILES string of the molecule is C1=C(CNC2=NCCN2)OCO1. The summed E-state index contributed by atoms with van der Waals surface area (Å²) in [5.74, 6) is 1.65. The maximum absolute atomic E-state index is 5.11. The van der Waals surface area contributed by atoms with Crippen LogP contribution in [0.1, 0.15) is 0 Å². The van der Waals surface area contributed by atoms with Gasteiger partial charge in [0, 0.05) is 6.54 Å². The summed E-state index contributed by atoms with van der Waals surface area (Å²) in [7, 11) is 0. The van der Waals surface area contributed by atoms with Crippen LogP contribution in [0.4, 0.5) is 0 Å². The van der Waals surface area contributed by atoms with E-state index >= 15 is 0 Å². The van der Waals surface area contributed by atoms with Gasteiger partial charge in [-0.3, -0.25) is 4.99 Å². The third-order valence-corrected chi connectivity index (χ3v) is 1.63. The van der Waals surface area contributed by atoms with Gasteiger partial charge in [-0.05, 0) is 0 Å². The van der Waals surface area contributed by atoms with Crippen molar-refractivity contribution < 1.29 is 9.47 Å². The fourth-order valence-corrected chi connectivity index (χ4v) is 1.05. The zero-order chi connectivity index (χ0) is 8.23. The first-order valence-electron chi connectivity index (χ1n) is 3.91. The molecule has 0 aromatic rings. The molecule has 0 saturated heterocycles. The van der Waals surface area contributed by atoms with E-state index in [4.69, 9.17) is 9.47 Å². The second-order valence-electron chi connectivity index (χ2n) is 2.52. The van der Waals surface area contributed by atoms with Crippen LogP contribution in [-0.2, 0) is 9.47 Å². The van der Waals surface area contributed by atoms with Crippen LogP contribution in [0.15, 0.2) is 17.0 Å². The molecule has 12 heavy (non-hydrogen) atoms. The minimum absolute atomic E-state index is 0.330. The van der Waals surface area contributed by atoms with E-state index < -0.39 is 0 Å². The molecular weight excluding hydrogens is 158 g/mol. The number of nitrogens with one attached hydrogen (secondary N) is 2. The molecule has 0 fully saturated rings. The molecule has 2 N–H and O–H groups in total. The molecule has 0 radical (unpaired) electrons. The fourth-order valence-electron chi connectivity index (χ4n) is 1.05. The lowest BCUT2D eigenvalue weighted by atomic mass is 10.5. The van der Waals surface area contributed by atoms with Crippen molar-refractivity contribution in [2.75, 3.05) is 26.4 Å². The number of guanidine groups is 1. The van der Waals surface area contributed by atoms with Gasteiger partial charge in [0.15, 0.2) is 11.7 Å². The van der Waals surface area contributed by atoms with Crippen molar-refractivity contribution in [1.82, 2.24) is 10.6 Å². The maximum atomic E-state index is 5.11. The summed E-state index contributed by atoms with van der Waals surface area (Å²) in [4.78, 5) is 4.17. The highest BCUT2D eigenvalue weighted by Gasteiger charge is 2.08. The predicted molar refractivity (Wildman–Crippen MR) is 43.4 cm³/mol. The van der Waals surface area contributed by atoms with Crippen molar-refractivity contribution in [3.8, 4) is 0 Å². The van der Waals surface area contributed by atoms with Gasteiger partial charge in [0.2, 0.25) is 6.79 Å². The Labute approximate surface area is 70.4 Å². The van der Waals surface area contributed by atoms with E-state index in [2.05, 4.69) is 15.6 Å². The van der Waals surface area contributed by atoms with E-state index in [1.54, 1.807) is 6.26 Å². The van der Waals surface area contributed by atoms with E-state index in [0.29, 0.717) is 13.3 Å². The molecule has 0 aliphatic carbocycles. The molecule has 0 aromatic carbocycles. The van der Waals surface area contributed by atoms with Crippen molar-refractivity contribution in [3.63, 3.8) is 0 Å². The van der Waals surface area contributed by atoms with Gasteiger partial charge >= 0.3 is 0 Å². The van der Waals surface area contributed by atoms with Gasteiger partial charge in [-0.2, -0.15) is 0 Å². The molecule has 0 aromatic heterocycles. The molecule has 2 rings (SSSR count). The van der Waals surface area contributed by atoms with E-state index in [-0.39, 0.29) is 0 Å². The Bertz CT molecular complexity index is 201. The molecular formula is C7H11N3O2. The van der Waals surface area contributed by atoms with E-state index in [1.807, 2.05) is 0 Å². The molecule has 0 spiro atoms. The van der Waals surface area contributed by atoms with Crippen LogP contribution in [0.3, 0.4) is 0 Å². The Morgan fingerprint density at radius 1 is 1.67 bits per heavy atom. The molecule has 2 heterocycles. The van der Waals surface area contributed by atoms with Gasteiger partial charge in [-0.15, -0.1) is 0 Å². The van der Waals surface area contributed by atoms with Crippen molar-refractivity contribution in [1.29, 1.82) is 0 Å². The summed E-state index contributed by atoms with van der Waals surface area (Å²) in [6.45, 7) is 2.72. The number of nitrogens with zero attached hydrogens (tertiary/aromatic N) is 1. The standard InChI is InChI=1S/C7H11N3O2/c1-2-9-7(8-1)10-3-6-4-11-5-12-6/h4H,1-3,5H2,(H2,8,9,10). The summed E-state index contributed by atoms with van der Waals surface area (Å²) in [6, 6.07) is 0. The van der Waals surface area contributed by atoms with Gasteiger partial charge in [0.05, 0.1) is 13.1 Å². The first kappa shape index (κ1) is 7.27. The Morgan fingerprint density at radius 3 is 3.33 bits per heavy atom. The second kappa shape index (κ2) is 3.34. The summed E-state index contributed by atoms with van der Waals surface area (Å²) in [6.07, 6.45) is 1.61. The fraction of sp³-hybridized carbons (Fsp3) is 0.571. The lowest BCUT2D eigenvalue weighted by Crippen LogP contribution is -2.34. The van der Waals surface area contributed by atoms with Crippen LogP contribution >= 0.6 is 0 Å². The molecule has 2 aliphatic heterocycles. The lowest BCUT2D eigenvalue weighted by Gasteiger charge is -2.05. The average Bonchev–Trinajstić information content (AvgIpc) is 2.74. The Hall–Kier alpha value is -1.39. The smallest absolute Gasteiger partial charge is 0.229 e. The van der Waals surface area contributed by atoms with Gasteiger partial charge in [-0.1, -0.05) is 0 Å². The third kappa shape index (κ3) is 1.61. The molecule has 5 nitrogen and oxygen atoms in total. The monoisotopic (exact) mass is 169 g/mol. The Balaban J connectivity index is 1.74. The molecule has 0 atom stereocenters. The number of aliphatic imine (C=N–C) groups is 1. The average molecular weight is 169 g/mol. The topological polar surface area (TPSA) is 54.9 Å². The zero-order valence-electron chi connectivity index (χ0n) is 6.67. The minimum atomic E-state index is 0.330. The number of rotatable bonds is 2. The van der Waals surface area contributed by atoms with Crippen LogP contribution in [0, 0.1) is 0 Å². The van der Waals surface area contributed by atoms with Gasteiger partial charge in [0.1, 0.15) is 6.26 Å². The maximum Gasteiger partial charge on any atom is 0.229 e. The van der Waals surface area contributed by atoms with Crippen molar-refractivity contribution in [3.05, 3.63) is 12.0 Å². The van der Waals surface area contributed by atoms with Gasteiger partial charge in [-0.25, -0.2) is 0 Å². The summed E-state index contributed by atoms with van der Waals surface area (Å²) in [5, 5.41) is 6.18. The highest BCUT2D eigenvalue weighted by Crippen LogP contribution is 2.03. The van der Waals surface area contributed by atoms with E-state index in [1.165, 1.54) is 0 Å². The highest BCUT2D eigenvalue weighted by molar-refractivity contribution is 5.81. The first-order valence-corrected chi connectivity index (χ1v) is 3.91. The Morgan fingerprint density at radius 2 is 2.67 bits per heavy atom. The minimum Gasteiger partial charge on any atom is -0.462 e. The quantitative estimate of drug-likeness (QED) is 0.578. The molecule has 0 bridgehead atoms. The van der Waals surface area contributed by atoms with Crippen molar-refractivity contribution >= 4 is 5.96 Å². The molecule has 5 heteroatoms. The van der Waals surface area contributed by atoms with Crippen LogP contribution in [0.2, 0.25) is 0 Å². The molecule has 0 saturated carbocycles. The van der Waals surface area contributed by atoms with Crippen molar-refractivity contribution in [2.24, 2.45) is 4.99 Å². The van der Waals surface area contributed by atoms with Crippen LogP contribution < -0.4 is 10.6 Å². The molecule has 2 aliphatic rings. The van der Waals surface area contributed by atoms with Crippen molar-refractivity contribution in [2.45, 2.75) is 0 Å². The van der Waals surface area contributed by atoms with E-state index in [9.17, 15) is 0 Å². The molecule has 0 amide bonds. The van der Waals surface area contributed by atoms with Crippen LogP contribution in [-0.4, -0.2) is 32.4 Å². The molecule has 0 unspecified atom stereocenters. The molecule has 66 valence electrons. The number of hydrogen-bond acceptors (Lipinski definition) is 5.